The third-order valence-electron chi connectivity index (χ3n) is 7.89. The zero-order valence-corrected chi connectivity index (χ0v) is 22.0. The zero-order valence-electron chi connectivity index (χ0n) is 21.2. The smallest absolute Gasteiger partial charge is 0.315 e. The highest BCUT2D eigenvalue weighted by atomic mass is 32.2. The van der Waals surface area contributed by atoms with Crippen molar-refractivity contribution in [2.75, 3.05) is 31.3 Å². The van der Waals surface area contributed by atoms with E-state index in [0.29, 0.717) is 18.2 Å². The number of likely N-dealkylation sites (tertiary alicyclic amines) is 1. The Morgan fingerprint density at radius 1 is 1.05 bits per heavy atom. The fourth-order valence-electron chi connectivity index (χ4n) is 6.28. The summed E-state index contributed by atoms with van der Waals surface area (Å²) in [5.41, 5.74) is 3.55. The van der Waals surface area contributed by atoms with E-state index in [1.807, 2.05) is 6.07 Å². The molecule has 9 heteroatoms. The van der Waals surface area contributed by atoms with Crippen molar-refractivity contribution in [3.63, 3.8) is 0 Å². The van der Waals surface area contributed by atoms with E-state index in [0.717, 1.165) is 56.4 Å². The fourth-order valence-corrected chi connectivity index (χ4v) is 6.63. The molecule has 5 rings (SSSR count). The molecule has 198 valence electrons. The van der Waals surface area contributed by atoms with Crippen LogP contribution < -0.4 is 16.0 Å². The normalized spacial score (nSPS) is 26.5. The Balaban J connectivity index is 1.31. The minimum Gasteiger partial charge on any atom is -0.378 e. The van der Waals surface area contributed by atoms with Crippen LogP contribution in [0.15, 0.2) is 54.6 Å². The van der Waals surface area contributed by atoms with Crippen molar-refractivity contribution in [1.29, 1.82) is 0 Å². The largest absolute Gasteiger partial charge is 0.378 e. The Labute approximate surface area is 223 Å². The minimum atomic E-state index is -0.238. The van der Waals surface area contributed by atoms with Gasteiger partial charge in [-0.2, -0.15) is 4.33 Å². The van der Waals surface area contributed by atoms with Gasteiger partial charge in [0, 0.05) is 48.5 Å². The second kappa shape index (κ2) is 12.2. The van der Waals surface area contributed by atoms with Gasteiger partial charge in [-0.05, 0) is 36.5 Å². The molecule has 3 N–H and O–H groups in total. The van der Waals surface area contributed by atoms with Crippen molar-refractivity contribution < 1.29 is 18.8 Å². The van der Waals surface area contributed by atoms with Crippen LogP contribution in [-0.4, -0.2) is 48.8 Å². The Bertz CT molecular complexity index is 1070. The van der Waals surface area contributed by atoms with Crippen molar-refractivity contribution >= 4 is 29.7 Å². The highest BCUT2D eigenvalue weighted by molar-refractivity contribution is 7.94. The maximum Gasteiger partial charge on any atom is 0.315 e. The van der Waals surface area contributed by atoms with Gasteiger partial charge in [0.25, 0.3) is 0 Å². The SMILES string of the molecule is COOSCCNC(=O)N[C@@H]1CCCC[C@@H]1C(=O)N1CC[C@@H]2[C@H](c3ccccc3)Nc3ccccc3[C@@H]21. The second-order valence-corrected chi connectivity index (χ2v) is 10.8. The first kappa shape index (κ1) is 25.9. The summed E-state index contributed by atoms with van der Waals surface area (Å²) in [5, 5.41) is 9.73. The molecule has 37 heavy (non-hydrogen) atoms. The molecule has 2 fully saturated rings. The van der Waals surface area contributed by atoms with E-state index in [4.69, 9.17) is 4.33 Å². The number of benzene rings is 2. The lowest BCUT2D eigenvalue weighted by Gasteiger charge is -2.42. The van der Waals surface area contributed by atoms with Crippen LogP contribution in [0.4, 0.5) is 10.5 Å². The Morgan fingerprint density at radius 2 is 1.84 bits per heavy atom. The monoisotopic (exact) mass is 524 g/mol. The molecule has 2 aliphatic heterocycles. The van der Waals surface area contributed by atoms with Crippen LogP contribution in [0.1, 0.15) is 55.3 Å². The molecule has 3 amide bonds. The minimum absolute atomic E-state index is 0.0318. The summed E-state index contributed by atoms with van der Waals surface area (Å²) in [5.74, 6) is 0.833. The summed E-state index contributed by atoms with van der Waals surface area (Å²) in [6.45, 7) is 1.19. The molecule has 0 bridgehead atoms. The number of nitrogens with one attached hydrogen (secondary N) is 3. The van der Waals surface area contributed by atoms with Crippen LogP contribution in [0.25, 0.3) is 0 Å². The number of anilines is 1. The van der Waals surface area contributed by atoms with Crippen LogP contribution in [0, 0.1) is 11.8 Å². The topological polar surface area (TPSA) is 91.9 Å². The lowest BCUT2D eigenvalue weighted by Crippen LogP contribution is -2.52. The molecule has 3 aliphatic rings. The molecular formula is C28H36N4O4S. The second-order valence-electron chi connectivity index (χ2n) is 10.0. The third-order valence-corrected chi connectivity index (χ3v) is 8.49. The molecule has 1 saturated heterocycles. The Morgan fingerprint density at radius 3 is 2.68 bits per heavy atom. The van der Waals surface area contributed by atoms with E-state index in [9.17, 15) is 9.59 Å². The average molecular weight is 525 g/mol. The van der Waals surface area contributed by atoms with Gasteiger partial charge < -0.3 is 20.9 Å². The lowest BCUT2D eigenvalue weighted by molar-refractivity contribution is -0.160. The average Bonchev–Trinajstić information content (AvgIpc) is 3.38. The predicted molar refractivity (Wildman–Crippen MR) is 145 cm³/mol. The molecule has 0 aromatic heterocycles. The van der Waals surface area contributed by atoms with Crippen LogP contribution in [0.5, 0.6) is 0 Å². The van der Waals surface area contributed by atoms with Crippen molar-refractivity contribution in [2.24, 2.45) is 11.8 Å². The number of carbonyl (C=O) groups excluding carboxylic acids is 2. The highest BCUT2D eigenvalue weighted by Crippen LogP contribution is 2.51. The first-order valence-electron chi connectivity index (χ1n) is 13.2. The van der Waals surface area contributed by atoms with Crippen molar-refractivity contribution in [1.82, 2.24) is 15.5 Å². The van der Waals surface area contributed by atoms with Crippen LogP contribution in [0.2, 0.25) is 0 Å². The molecule has 1 saturated carbocycles. The number of rotatable bonds is 8. The molecule has 2 heterocycles. The van der Waals surface area contributed by atoms with E-state index in [1.165, 1.54) is 18.2 Å². The van der Waals surface area contributed by atoms with Crippen LogP contribution in [-0.2, 0) is 14.0 Å². The maximum atomic E-state index is 14.1. The summed E-state index contributed by atoms with van der Waals surface area (Å²) in [6, 6.07) is 18.7. The summed E-state index contributed by atoms with van der Waals surface area (Å²) >= 11 is 1.14. The van der Waals surface area contributed by atoms with Crippen molar-refractivity contribution in [3.8, 4) is 0 Å². The highest BCUT2D eigenvalue weighted by Gasteiger charge is 2.48. The number of urea groups is 1. The zero-order chi connectivity index (χ0) is 25.6. The van der Waals surface area contributed by atoms with Crippen molar-refractivity contribution in [2.45, 2.75) is 50.2 Å². The fraction of sp³-hybridized carbons (Fsp3) is 0.500. The summed E-state index contributed by atoms with van der Waals surface area (Å²) in [4.78, 5) is 33.4. The predicted octanol–water partition coefficient (Wildman–Crippen LogP) is 4.83. The van der Waals surface area contributed by atoms with E-state index in [2.05, 4.69) is 74.3 Å². The molecular weight excluding hydrogens is 488 g/mol. The summed E-state index contributed by atoms with van der Waals surface area (Å²) < 4.78 is 4.77. The molecule has 0 unspecified atom stereocenters. The van der Waals surface area contributed by atoms with Gasteiger partial charge >= 0.3 is 6.03 Å². The van der Waals surface area contributed by atoms with E-state index in [-0.39, 0.29) is 36.0 Å². The quantitative estimate of drug-likeness (QED) is 0.198. The third kappa shape index (κ3) is 5.73. The van der Waals surface area contributed by atoms with E-state index in [1.54, 1.807) is 0 Å². The van der Waals surface area contributed by atoms with Gasteiger partial charge in [-0.3, -0.25) is 4.79 Å². The summed E-state index contributed by atoms with van der Waals surface area (Å²) in [6.07, 6.45) is 4.59. The number of para-hydroxylation sites is 1. The van der Waals surface area contributed by atoms with Crippen LogP contribution >= 0.6 is 12.0 Å². The molecule has 8 nitrogen and oxygen atoms in total. The van der Waals surface area contributed by atoms with Gasteiger partial charge in [-0.25, -0.2) is 9.68 Å². The number of fused-ring (bicyclic) bond motifs is 3. The van der Waals surface area contributed by atoms with Gasteiger partial charge in [-0.1, -0.05) is 61.4 Å². The molecule has 0 radical (unpaired) electrons. The molecule has 5 atom stereocenters. The lowest BCUT2D eigenvalue weighted by atomic mass is 9.79. The standard InChI is InChI=1S/C28H36N4O4S/c1-35-36-37-18-16-29-28(34)31-24-14-8-6-12-21(24)27(33)32-17-15-22-25(19-9-3-2-4-10-19)30-23-13-7-5-11-20(23)26(22)32/h2-5,7,9-11,13,21-22,24-26,30H,6,8,12,14-18H2,1H3,(H2,29,31,34)/t21-,22+,24+,25-,26-/m0/s1. The number of hydrogen-bond donors (Lipinski definition) is 3. The Kier molecular flexibility index (Phi) is 8.53. The molecule has 2 aromatic carbocycles. The van der Waals surface area contributed by atoms with Gasteiger partial charge in [0.15, 0.2) is 0 Å². The van der Waals surface area contributed by atoms with Crippen LogP contribution in [0.3, 0.4) is 0 Å². The number of nitrogens with zero attached hydrogens (tertiary/aromatic N) is 1. The Hall–Kier alpha value is -2.75. The number of amides is 3. The first-order chi connectivity index (χ1) is 18.2. The number of hydrogen-bond acceptors (Lipinski definition) is 6. The van der Waals surface area contributed by atoms with E-state index < -0.39 is 0 Å². The molecule has 1 aliphatic carbocycles. The summed E-state index contributed by atoms with van der Waals surface area (Å²) in [7, 11) is 1.44. The number of carbonyl (C=O) groups is 2. The van der Waals surface area contributed by atoms with Gasteiger partial charge in [0.2, 0.25) is 5.91 Å². The van der Waals surface area contributed by atoms with Gasteiger partial charge in [0.1, 0.15) is 0 Å². The molecule has 0 spiro atoms. The molecule has 2 aromatic rings. The maximum absolute atomic E-state index is 14.1. The van der Waals surface area contributed by atoms with E-state index >= 15 is 0 Å². The van der Waals surface area contributed by atoms with Gasteiger partial charge in [0.05, 0.1) is 25.1 Å². The first-order valence-corrected chi connectivity index (χ1v) is 14.2. The van der Waals surface area contributed by atoms with Crippen molar-refractivity contribution in [3.05, 3.63) is 65.7 Å². The van der Waals surface area contributed by atoms with Gasteiger partial charge in [-0.15, -0.1) is 0 Å².